The summed E-state index contributed by atoms with van der Waals surface area (Å²) < 4.78 is 6.62. The third kappa shape index (κ3) is 2.32. The number of aromatic nitrogens is 2. The smallest absolute Gasteiger partial charge is 0.150 e. The molecule has 108 valence electrons. The van der Waals surface area contributed by atoms with Crippen LogP contribution in [0.2, 0.25) is 0 Å². The number of benzene rings is 1. The molecule has 4 nitrogen and oxygen atoms in total. The quantitative estimate of drug-likeness (QED) is 0.727. The van der Waals surface area contributed by atoms with E-state index in [1.54, 1.807) is 0 Å². The standard InChI is InChI=1S/C16H18N4S/c1-18-7-9-19(10-8-18)14-3-2-13-4-6-20(15(13)12-14)16-5-11-21-17-16/h2-6,11-12H,7-10H2,1H3. The molecule has 0 N–H and O–H groups in total. The minimum absolute atomic E-state index is 1.01. The van der Waals surface area contributed by atoms with Gasteiger partial charge in [-0.1, -0.05) is 6.07 Å². The van der Waals surface area contributed by atoms with E-state index in [9.17, 15) is 0 Å². The van der Waals surface area contributed by atoms with Crippen LogP contribution in [0, 0.1) is 0 Å². The van der Waals surface area contributed by atoms with Gasteiger partial charge in [-0.25, -0.2) is 0 Å². The number of anilines is 1. The van der Waals surface area contributed by atoms with Crippen LogP contribution in [-0.2, 0) is 0 Å². The van der Waals surface area contributed by atoms with Crippen molar-refractivity contribution in [3.63, 3.8) is 0 Å². The van der Waals surface area contributed by atoms with Gasteiger partial charge in [0, 0.05) is 48.8 Å². The molecule has 1 aliphatic rings. The summed E-state index contributed by atoms with van der Waals surface area (Å²) in [5, 5.41) is 3.28. The second-order valence-corrected chi connectivity index (χ2v) is 6.24. The molecule has 0 radical (unpaired) electrons. The normalized spacial score (nSPS) is 16.7. The van der Waals surface area contributed by atoms with Crippen LogP contribution >= 0.6 is 11.5 Å². The van der Waals surface area contributed by atoms with E-state index in [0.717, 1.165) is 32.0 Å². The van der Waals surface area contributed by atoms with Crippen LogP contribution in [0.3, 0.4) is 0 Å². The van der Waals surface area contributed by atoms with Crippen LogP contribution in [0.4, 0.5) is 5.69 Å². The van der Waals surface area contributed by atoms with Gasteiger partial charge in [-0.3, -0.25) is 0 Å². The maximum Gasteiger partial charge on any atom is 0.150 e. The molecule has 0 spiro atoms. The number of hydrogen-bond acceptors (Lipinski definition) is 4. The van der Waals surface area contributed by atoms with E-state index in [-0.39, 0.29) is 0 Å². The lowest BCUT2D eigenvalue weighted by molar-refractivity contribution is 0.313. The first kappa shape index (κ1) is 12.9. The number of piperazine rings is 1. The van der Waals surface area contributed by atoms with E-state index in [0.29, 0.717) is 0 Å². The fourth-order valence-corrected chi connectivity index (χ4v) is 3.41. The number of hydrogen-bond donors (Lipinski definition) is 0. The average Bonchev–Trinajstić information content (AvgIpc) is 3.16. The molecular formula is C16H18N4S. The summed E-state index contributed by atoms with van der Waals surface area (Å²) in [6, 6.07) is 11.0. The lowest BCUT2D eigenvalue weighted by atomic mass is 10.2. The van der Waals surface area contributed by atoms with E-state index in [2.05, 4.69) is 62.3 Å². The lowest BCUT2D eigenvalue weighted by Gasteiger charge is -2.34. The molecule has 1 aliphatic heterocycles. The van der Waals surface area contributed by atoms with Gasteiger partial charge in [0.2, 0.25) is 0 Å². The minimum Gasteiger partial charge on any atom is -0.369 e. The molecule has 0 unspecified atom stereocenters. The van der Waals surface area contributed by atoms with Crippen molar-refractivity contribution in [1.82, 2.24) is 13.8 Å². The SMILES string of the molecule is CN1CCN(c2ccc3ccn(-c4ccsn4)c3c2)CC1. The van der Waals surface area contributed by atoms with Crippen LogP contribution in [0.15, 0.2) is 41.9 Å². The highest BCUT2D eigenvalue weighted by atomic mass is 32.1. The van der Waals surface area contributed by atoms with Gasteiger partial charge in [0.05, 0.1) is 5.52 Å². The van der Waals surface area contributed by atoms with Crippen molar-refractivity contribution >= 4 is 28.1 Å². The summed E-state index contributed by atoms with van der Waals surface area (Å²) in [6.07, 6.45) is 2.10. The summed E-state index contributed by atoms with van der Waals surface area (Å²) in [6.45, 7) is 4.45. The fourth-order valence-electron chi connectivity index (χ4n) is 2.91. The van der Waals surface area contributed by atoms with Crippen LogP contribution < -0.4 is 4.90 Å². The van der Waals surface area contributed by atoms with E-state index >= 15 is 0 Å². The van der Waals surface area contributed by atoms with Crippen molar-refractivity contribution in [3.05, 3.63) is 41.9 Å². The van der Waals surface area contributed by atoms with E-state index in [4.69, 9.17) is 0 Å². The number of nitrogens with zero attached hydrogens (tertiary/aromatic N) is 4. The summed E-state index contributed by atoms with van der Waals surface area (Å²) in [7, 11) is 2.19. The molecule has 0 aliphatic carbocycles. The van der Waals surface area contributed by atoms with Crippen LogP contribution in [0.5, 0.6) is 0 Å². The van der Waals surface area contributed by atoms with Crippen molar-refractivity contribution in [2.24, 2.45) is 0 Å². The topological polar surface area (TPSA) is 24.3 Å². The Bertz CT molecular complexity index is 739. The van der Waals surface area contributed by atoms with Crippen LogP contribution in [-0.4, -0.2) is 47.1 Å². The van der Waals surface area contributed by atoms with Gasteiger partial charge in [-0.15, -0.1) is 0 Å². The van der Waals surface area contributed by atoms with Crippen LogP contribution in [0.1, 0.15) is 0 Å². The minimum atomic E-state index is 1.01. The predicted molar refractivity (Wildman–Crippen MR) is 88.7 cm³/mol. The van der Waals surface area contributed by atoms with Gasteiger partial charge in [0.1, 0.15) is 0 Å². The number of fused-ring (bicyclic) bond motifs is 1. The highest BCUT2D eigenvalue weighted by molar-refractivity contribution is 7.03. The molecule has 2 aromatic heterocycles. The molecule has 0 amide bonds. The van der Waals surface area contributed by atoms with Crippen LogP contribution in [0.25, 0.3) is 16.7 Å². The van der Waals surface area contributed by atoms with Crippen molar-refractivity contribution in [1.29, 1.82) is 0 Å². The zero-order valence-corrected chi connectivity index (χ0v) is 12.9. The summed E-state index contributed by atoms with van der Waals surface area (Å²) in [4.78, 5) is 4.85. The summed E-state index contributed by atoms with van der Waals surface area (Å²) in [5.74, 6) is 1.01. The first-order valence-electron chi connectivity index (χ1n) is 7.27. The molecule has 0 bridgehead atoms. The maximum atomic E-state index is 4.45. The van der Waals surface area contributed by atoms with Gasteiger partial charge in [-0.05, 0) is 42.8 Å². The van der Waals surface area contributed by atoms with Crippen molar-refractivity contribution < 1.29 is 0 Å². The molecular weight excluding hydrogens is 280 g/mol. The molecule has 5 heteroatoms. The molecule has 1 aromatic carbocycles. The van der Waals surface area contributed by atoms with Crippen molar-refractivity contribution in [2.75, 3.05) is 38.1 Å². The summed E-state index contributed by atoms with van der Waals surface area (Å²) in [5.41, 5.74) is 2.54. The van der Waals surface area contributed by atoms with Crippen molar-refractivity contribution in [2.45, 2.75) is 0 Å². The molecule has 0 saturated carbocycles. The van der Waals surface area contributed by atoms with Gasteiger partial charge < -0.3 is 14.4 Å². The van der Waals surface area contributed by atoms with E-state index in [1.165, 1.54) is 28.1 Å². The monoisotopic (exact) mass is 298 g/mol. The summed E-state index contributed by atoms with van der Waals surface area (Å²) >= 11 is 1.49. The Hall–Kier alpha value is -1.85. The predicted octanol–water partition coefficient (Wildman–Crippen LogP) is 2.84. The van der Waals surface area contributed by atoms with Gasteiger partial charge >= 0.3 is 0 Å². The molecule has 3 heterocycles. The maximum absolute atomic E-state index is 4.45. The number of rotatable bonds is 2. The highest BCUT2D eigenvalue weighted by Crippen LogP contribution is 2.26. The van der Waals surface area contributed by atoms with E-state index < -0.39 is 0 Å². The Morgan fingerprint density at radius 2 is 1.90 bits per heavy atom. The Labute approximate surface area is 128 Å². The zero-order valence-electron chi connectivity index (χ0n) is 12.1. The zero-order chi connectivity index (χ0) is 14.2. The molecule has 1 fully saturated rings. The van der Waals surface area contributed by atoms with Crippen molar-refractivity contribution in [3.8, 4) is 5.82 Å². The Balaban J connectivity index is 1.73. The molecule has 3 aromatic rings. The molecule has 21 heavy (non-hydrogen) atoms. The first-order chi connectivity index (χ1) is 10.3. The van der Waals surface area contributed by atoms with Gasteiger partial charge in [0.25, 0.3) is 0 Å². The van der Waals surface area contributed by atoms with Gasteiger partial charge in [-0.2, -0.15) is 4.37 Å². The Kier molecular flexibility index (Phi) is 3.16. The Morgan fingerprint density at radius 3 is 2.67 bits per heavy atom. The molecule has 0 atom stereocenters. The number of likely N-dealkylation sites (N-methyl/N-ethyl adjacent to an activating group) is 1. The second-order valence-electron chi connectivity index (χ2n) is 5.58. The Morgan fingerprint density at radius 1 is 1.05 bits per heavy atom. The molecule has 1 saturated heterocycles. The third-order valence-electron chi connectivity index (χ3n) is 4.22. The van der Waals surface area contributed by atoms with Gasteiger partial charge in [0.15, 0.2) is 5.82 Å². The third-order valence-corrected chi connectivity index (χ3v) is 4.77. The highest BCUT2D eigenvalue weighted by Gasteiger charge is 2.15. The average molecular weight is 298 g/mol. The lowest BCUT2D eigenvalue weighted by Crippen LogP contribution is -2.44. The first-order valence-corrected chi connectivity index (χ1v) is 8.10. The largest absolute Gasteiger partial charge is 0.369 e. The molecule has 4 rings (SSSR count). The van der Waals surface area contributed by atoms with E-state index in [1.807, 2.05) is 5.38 Å². The fraction of sp³-hybridized carbons (Fsp3) is 0.312. The second kappa shape index (κ2) is 5.16.